The van der Waals surface area contributed by atoms with Gasteiger partial charge in [-0.1, -0.05) is 11.8 Å². The topological polar surface area (TPSA) is 109 Å². The molecular weight excluding hydrogens is 296 g/mol. The van der Waals surface area contributed by atoms with Gasteiger partial charge in [-0.3, -0.25) is 4.79 Å². The van der Waals surface area contributed by atoms with Crippen LogP contribution in [0.3, 0.4) is 0 Å². The summed E-state index contributed by atoms with van der Waals surface area (Å²) in [6.45, 7) is 0.0751. The second-order valence-corrected chi connectivity index (χ2v) is 6.27. The van der Waals surface area contributed by atoms with E-state index in [4.69, 9.17) is 5.11 Å². The van der Waals surface area contributed by atoms with Gasteiger partial charge < -0.3 is 19.7 Å². The molecule has 1 aliphatic heterocycles. The largest absolute Gasteiger partial charge is 0.480 e. The molecule has 1 aromatic rings. The van der Waals surface area contributed by atoms with Crippen LogP contribution < -0.4 is 0 Å². The van der Waals surface area contributed by atoms with Crippen LogP contribution in [0.2, 0.25) is 0 Å². The van der Waals surface area contributed by atoms with Crippen molar-refractivity contribution >= 4 is 23.6 Å². The Morgan fingerprint density at radius 1 is 1.43 bits per heavy atom. The fourth-order valence-electron chi connectivity index (χ4n) is 2.47. The molecule has 1 saturated carbocycles. The van der Waals surface area contributed by atoms with Gasteiger partial charge in [-0.15, -0.1) is 10.2 Å². The van der Waals surface area contributed by atoms with Gasteiger partial charge in [-0.25, -0.2) is 4.79 Å². The molecule has 2 fully saturated rings. The average molecular weight is 312 g/mol. The standard InChI is InChI=1S/C12H16N4O4S/c17-8-3-9(11(19)20)15(4-8)10(18)5-21-12-14-13-6-16(12)7-1-2-7/h6-9,17H,1-5H2,(H,19,20)/t8?,9-/m0/s1. The zero-order valence-corrected chi connectivity index (χ0v) is 12.1. The number of thioether (sulfide) groups is 1. The van der Waals surface area contributed by atoms with Crippen LogP contribution in [-0.2, 0) is 9.59 Å². The molecule has 1 aromatic heterocycles. The first-order valence-electron chi connectivity index (χ1n) is 6.79. The van der Waals surface area contributed by atoms with Gasteiger partial charge in [-0.2, -0.15) is 0 Å². The summed E-state index contributed by atoms with van der Waals surface area (Å²) in [5.74, 6) is -1.28. The molecule has 2 atom stereocenters. The van der Waals surface area contributed by atoms with Crippen molar-refractivity contribution in [3.05, 3.63) is 6.33 Å². The molecule has 0 radical (unpaired) electrons. The van der Waals surface area contributed by atoms with Gasteiger partial charge >= 0.3 is 5.97 Å². The van der Waals surface area contributed by atoms with Crippen LogP contribution in [0.1, 0.15) is 25.3 Å². The predicted octanol–water partition coefficient (Wildman–Crippen LogP) is -0.248. The van der Waals surface area contributed by atoms with Gasteiger partial charge in [0.05, 0.1) is 11.9 Å². The first kappa shape index (κ1) is 14.3. The minimum absolute atomic E-state index is 0.0751. The predicted molar refractivity (Wildman–Crippen MR) is 72.8 cm³/mol. The van der Waals surface area contributed by atoms with E-state index in [1.54, 1.807) is 6.33 Å². The molecule has 2 N–H and O–H groups in total. The third-order valence-corrected chi connectivity index (χ3v) is 4.63. The second-order valence-electron chi connectivity index (χ2n) is 5.33. The number of β-amino-alcohol motifs (C(OH)–C–C–N with tert-alkyl or cyclic N) is 1. The van der Waals surface area contributed by atoms with Crippen molar-refractivity contribution in [3.63, 3.8) is 0 Å². The molecule has 1 unspecified atom stereocenters. The van der Waals surface area contributed by atoms with Crippen molar-refractivity contribution in [2.24, 2.45) is 0 Å². The van der Waals surface area contributed by atoms with E-state index in [1.807, 2.05) is 4.57 Å². The van der Waals surface area contributed by atoms with Crippen molar-refractivity contribution in [1.82, 2.24) is 19.7 Å². The summed E-state index contributed by atoms with van der Waals surface area (Å²) in [7, 11) is 0. The molecule has 2 aliphatic rings. The number of carbonyl (C=O) groups is 2. The lowest BCUT2D eigenvalue weighted by Crippen LogP contribution is -2.41. The highest BCUT2D eigenvalue weighted by Gasteiger charge is 2.38. The summed E-state index contributed by atoms with van der Waals surface area (Å²) in [6, 6.07) is -0.507. The monoisotopic (exact) mass is 312 g/mol. The number of likely N-dealkylation sites (tertiary alicyclic amines) is 1. The number of hydrogen-bond donors (Lipinski definition) is 2. The normalized spacial score (nSPS) is 25.3. The molecule has 1 saturated heterocycles. The smallest absolute Gasteiger partial charge is 0.326 e. The summed E-state index contributed by atoms with van der Waals surface area (Å²) < 4.78 is 1.95. The average Bonchev–Trinajstić information content (AvgIpc) is 3.04. The quantitative estimate of drug-likeness (QED) is 0.722. The van der Waals surface area contributed by atoms with Crippen LogP contribution in [0.15, 0.2) is 11.5 Å². The fourth-order valence-corrected chi connectivity index (χ4v) is 3.34. The summed E-state index contributed by atoms with van der Waals surface area (Å²) in [5.41, 5.74) is 0. The number of aliphatic hydroxyl groups excluding tert-OH is 1. The molecule has 0 bridgehead atoms. The van der Waals surface area contributed by atoms with Crippen LogP contribution in [0, 0.1) is 0 Å². The minimum Gasteiger partial charge on any atom is -0.480 e. The Labute approximate surface area is 125 Å². The highest BCUT2D eigenvalue weighted by Crippen LogP contribution is 2.37. The molecule has 1 aliphatic carbocycles. The number of aliphatic hydroxyl groups is 1. The Kier molecular flexibility index (Phi) is 3.85. The number of rotatable bonds is 5. The summed E-state index contributed by atoms with van der Waals surface area (Å²) in [6.07, 6.45) is 3.17. The van der Waals surface area contributed by atoms with Crippen LogP contribution >= 0.6 is 11.8 Å². The third kappa shape index (κ3) is 3.03. The second kappa shape index (κ2) is 5.64. The van der Waals surface area contributed by atoms with E-state index in [0.717, 1.165) is 12.8 Å². The number of aliphatic carboxylic acids is 1. The van der Waals surface area contributed by atoms with Gasteiger partial charge in [0.15, 0.2) is 5.16 Å². The molecule has 3 rings (SSSR count). The summed E-state index contributed by atoms with van der Waals surface area (Å²) >= 11 is 1.26. The van der Waals surface area contributed by atoms with E-state index in [9.17, 15) is 14.7 Å². The maximum absolute atomic E-state index is 12.2. The van der Waals surface area contributed by atoms with Crippen LogP contribution in [-0.4, -0.2) is 66.2 Å². The van der Waals surface area contributed by atoms with Crippen molar-refractivity contribution in [2.75, 3.05) is 12.3 Å². The molecule has 0 aromatic carbocycles. The number of carboxylic acid groups (broad SMARTS) is 1. The Balaban J connectivity index is 1.60. The van der Waals surface area contributed by atoms with Crippen LogP contribution in [0.5, 0.6) is 0 Å². The fraction of sp³-hybridized carbons (Fsp3) is 0.667. The Bertz CT molecular complexity index is 559. The van der Waals surface area contributed by atoms with Crippen molar-refractivity contribution in [3.8, 4) is 0 Å². The molecule has 1 amide bonds. The van der Waals surface area contributed by atoms with E-state index in [2.05, 4.69) is 10.2 Å². The molecule has 9 heteroatoms. The molecule has 114 valence electrons. The van der Waals surface area contributed by atoms with Crippen molar-refractivity contribution in [1.29, 1.82) is 0 Å². The maximum atomic E-state index is 12.2. The number of hydrogen-bond acceptors (Lipinski definition) is 6. The first-order valence-corrected chi connectivity index (χ1v) is 7.77. The van der Waals surface area contributed by atoms with E-state index in [1.165, 1.54) is 16.7 Å². The Morgan fingerprint density at radius 3 is 2.86 bits per heavy atom. The van der Waals surface area contributed by atoms with E-state index < -0.39 is 18.1 Å². The summed E-state index contributed by atoms with van der Waals surface area (Å²) in [4.78, 5) is 24.5. The first-order chi connectivity index (χ1) is 10.1. The van der Waals surface area contributed by atoms with E-state index >= 15 is 0 Å². The van der Waals surface area contributed by atoms with Crippen molar-refractivity contribution in [2.45, 2.75) is 42.6 Å². The molecule has 2 heterocycles. The molecule has 21 heavy (non-hydrogen) atoms. The Morgan fingerprint density at radius 2 is 2.19 bits per heavy atom. The van der Waals surface area contributed by atoms with E-state index in [0.29, 0.717) is 11.2 Å². The van der Waals surface area contributed by atoms with Gasteiger partial charge in [0.1, 0.15) is 12.4 Å². The van der Waals surface area contributed by atoms with Crippen molar-refractivity contribution < 1.29 is 19.8 Å². The molecular formula is C12H16N4O4S. The van der Waals surface area contributed by atoms with Gasteiger partial charge in [0.2, 0.25) is 5.91 Å². The number of carbonyl (C=O) groups excluding carboxylic acids is 1. The SMILES string of the molecule is O=C(O)[C@@H]1CC(O)CN1C(=O)CSc1nncn1C1CC1. The highest BCUT2D eigenvalue weighted by molar-refractivity contribution is 7.99. The van der Waals surface area contributed by atoms with Gasteiger partial charge in [0.25, 0.3) is 0 Å². The zero-order valence-electron chi connectivity index (χ0n) is 11.3. The number of nitrogens with zero attached hydrogens (tertiary/aromatic N) is 4. The maximum Gasteiger partial charge on any atom is 0.326 e. The zero-order chi connectivity index (χ0) is 15.0. The minimum atomic E-state index is -1.08. The van der Waals surface area contributed by atoms with Crippen LogP contribution in [0.4, 0.5) is 0 Å². The number of amides is 1. The molecule has 8 nitrogen and oxygen atoms in total. The van der Waals surface area contributed by atoms with E-state index in [-0.39, 0.29) is 24.6 Å². The van der Waals surface area contributed by atoms with Crippen LogP contribution in [0.25, 0.3) is 0 Å². The lowest BCUT2D eigenvalue weighted by atomic mass is 10.2. The van der Waals surface area contributed by atoms with Gasteiger partial charge in [-0.05, 0) is 12.8 Å². The lowest BCUT2D eigenvalue weighted by Gasteiger charge is -2.20. The van der Waals surface area contributed by atoms with Gasteiger partial charge in [0, 0.05) is 19.0 Å². The lowest BCUT2D eigenvalue weighted by molar-refractivity contribution is -0.147. The Hall–Kier alpha value is -1.61. The number of aromatic nitrogens is 3. The summed E-state index contributed by atoms with van der Waals surface area (Å²) in [5, 5.41) is 27.2. The highest BCUT2D eigenvalue weighted by atomic mass is 32.2. The third-order valence-electron chi connectivity index (χ3n) is 3.69. The molecule has 0 spiro atoms. The number of carboxylic acids is 1.